The van der Waals surface area contributed by atoms with E-state index in [1.807, 2.05) is 61.1 Å². The first kappa shape index (κ1) is 16.7. The molecule has 2 heterocycles. The van der Waals surface area contributed by atoms with Crippen LogP contribution in [0.2, 0.25) is 0 Å². The Morgan fingerprint density at radius 1 is 1.29 bits per heavy atom. The van der Waals surface area contributed by atoms with Crippen LogP contribution in [-0.4, -0.2) is 39.2 Å². The number of carbonyl (C=O) groups excluding carboxylic acids is 1. The van der Waals surface area contributed by atoms with Crippen molar-refractivity contribution >= 4 is 5.91 Å². The Morgan fingerprint density at radius 2 is 2.08 bits per heavy atom. The van der Waals surface area contributed by atoms with Crippen molar-refractivity contribution in [2.45, 2.75) is 51.4 Å². The van der Waals surface area contributed by atoms with Crippen LogP contribution in [0, 0.1) is 0 Å². The molecule has 5 nitrogen and oxygen atoms in total. The van der Waals surface area contributed by atoms with Gasteiger partial charge < -0.3 is 5.32 Å². The molecular weight excluding hydrogens is 300 g/mol. The number of carbonyl (C=O) groups is 1. The maximum absolute atomic E-state index is 12.9. The van der Waals surface area contributed by atoms with Gasteiger partial charge in [0.25, 0.3) is 0 Å². The van der Waals surface area contributed by atoms with E-state index in [-0.39, 0.29) is 18.0 Å². The average Bonchev–Trinajstić information content (AvgIpc) is 3.21. The van der Waals surface area contributed by atoms with Gasteiger partial charge in [-0.2, -0.15) is 5.10 Å². The molecule has 1 aliphatic rings. The fourth-order valence-corrected chi connectivity index (χ4v) is 3.51. The molecule has 2 aromatic rings. The van der Waals surface area contributed by atoms with Crippen LogP contribution in [0.25, 0.3) is 0 Å². The summed E-state index contributed by atoms with van der Waals surface area (Å²) in [5.41, 5.74) is 1.06. The summed E-state index contributed by atoms with van der Waals surface area (Å²) in [4.78, 5) is 15.3. The van der Waals surface area contributed by atoms with E-state index < -0.39 is 0 Å². The lowest BCUT2D eigenvalue weighted by atomic mass is 10.0. The Kier molecular flexibility index (Phi) is 5.30. The molecule has 1 saturated heterocycles. The molecule has 1 fully saturated rings. The minimum atomic E-state index is -0.239. The van der Waals surface area contributed by atoms with Gasteiger partial charge in [0.2, 0.25) is 5.91 Å². The van der Waals surface area contributed by atoms with Crippen LogP contribution in [0.5, 0.6) is 0 Å². The summed E-state index contributed by atoms with van der Waals surface area (Å²) in [5.74, 6) is 0.0866. The van der Waals surface area contributed by atoms with Gasteiger partial charge in [-0.05, 0) is 44.9 Å². The van der Waals surface area contributed by atoms with Crippen LogP contribution in [0.3, 0.4) is 0 Å². The number of nitrogens with one attached hydrogen (secondary N) is 1. The number of aromatic nitrogens is 2. The highest BCUT2D eigenvalue weighted by Gasteiger charge is 2.36. The first-order valence-electron chi connectivity index (χ1n) is 8.73. The zero-order valence-corrected chi connectivity index (χ0v) is 14.4. The van der Waals surface area contributed by atoms with E-state index in [0.717, 1.165) is 31.5 Å². The molecule has 5 heteroatoms. The van der Waals surface area contributed by atoms with Gasteiger partial charge in [-0.25, -0.2) is 0 Å². The van der Waals surface area contributed by atoms with Gasteiger partial charge in [-0.1, -0.05) is 30.3 Å². The fourth-order valence-electron chi connectivity index (χ4n) is 3.51. The predicted molar refractivity (Wildman–Crippen MR) is 94.4 cm³/mol. The summed E-state index contributed by atoms with van der Waals surface area (Å²) in [5, 5.41) is 7.42. The van der Waals surface area contributed by atoms with Crippen molar-refractivity contribution in [2.75, 3.05) is 6.54 Å². The highest BCUT2D eigenvalue weighted by molar-refractivity contribution is 5.83. The zero-order valence-electron chi connectivity index (χ0n) is 14.4. The SMILES string of the molecule is CC(C)NC(=O)C(c1ccccc1)N1CCCC1Cn1cccn1. The number of amides is 1. The molecule has 3 rings (SSSR count). The van der Waals surface area contributed by atoms with Crippen LogP contribution in [0.4, 0.5) is 0 Å². The van der Waals surface area contributed by atoms with Crippen molar-refractivity contribution < 1.29 is 4.79 Å². The minimum absolute atomic E-state index is 0.0866. The highest BCUT2D eigenvalue weighted by Crippen LogP contribution is 2.30. The van der Waals surface area contributed by atoms with Crippen molar-refractivity contribution in [3.05, 3.63) is 54.4 Å². The van der Waals surface area contributed by atoms with Crippen molar-refractivity contribution in [3.63, 3.8) is 0 Å². The molecule has 1 N–H and O–H groups in total. The van der Waals surface area contributed by atoms with Gasteiger partial charge in [0.1, 0.15) is 6.04 Å². The van der Waals surface area contributed by atoms with Crippen LogP contribution >= 0.6 is 0 Å². The molecule has 0 radical (unpaired) electrons. The standard InChI is InChI=1S/C19H26N4O/c1-15(2)21-19(24)18(16-8-4-3-5-9-16)23-13-6-10-17(23)14-22-12-7-11-20-22/h3-5,7-9,11-12,15,17-18H,6,10,13-14H2,1-2H3,(H,21,24). The van der Waals surface area contributed by atoms with Crippen LogP contribution in [0.1, 0.15) is 38.3 Å². The maximum atomic E-state index is 12.9. The number of benzene rings is 1. The number of rotatable bonds is 6. The van der Waals surface area contributed by atoms with E-state index in [1.54, 1.807) is 6.20 Å². The van der Waals surface area contributed by atoms with E-state index in [0.29, 0.717) is 6.04 Å². The molecular formula is C19H26N4O. The lowest BCUT2D eigenvalue weighted by Gasteiger charge is -2.33. The summed E-state index contributed by atoms with van der Waals surface area (Å²) in [6.07, 6.45) is 6.00. The third-order valence-corrected chi connectivity index (χ3v) is 4.51. The van der Waals surface area contributed by atoms with E-state index in [9.17, 15) is 4.79 Å². The Morgan fingerprint density at radius 3 is 2.75 bits per heavy atom. The maximum Gasteiger partial charge on any atom is 0.242 e. The minimum Gasteiger partial charge on any atom is -0.352 e. The summed E-state index contributed by atoms with van der Waals surface area (Å²) in [6.45, 7) is 5.78. The van der Waals surface area contributed by atoms with Crippen molar-refractivity contribution in [1.29, 1.82) is 0 Å². The number of hydrogen-bond acceptors (Lipinski definition) is 3. The molecule has 0 saturated carbocycles. The van der Waals surface area contributed by atoms with Crippen LogP contribution in [0.15, 0.2) is 48.8 Å². The third kappa shape index (κ3) is 3.85. The normalized spacial score (nSPS) is 19.5. The first-order chi connectivity index (χ1) is 11.6. The van der Waals surface area contributed by atoms with Crippen LogP contribution < -0.4 is 5.32 Å². The zero-order chi connectivity index (χ0) is 16.9. The number of likely N-dealkylation sites (tertiary alicyclic amines) is 1. The van der Waals surface area contributed by atoms with E-state index in [1.165, 1.54) is 0 Å². The summed E-state index contributed by atoms with van der Waals surface area (Å²) < 4.78 is 1.96. The topological polar surface area (TPSA) is 50.2 Å². The van der Waals surface area contributed by atoms with E-state index in [2.05, 4.69) is 15.3 Å². The lowest BCUT2D eigenvalue weighted by molar-refractivity contribution is -0.127. The van der Waals surface area contributed by atoms with Gasteiger partial charge >= 0.3 is 0 Å². The van der Waals surface area contributed by atoms with Crippen LogP contribution in [-0.2, 0) is 11.3 Å². The van der Waals surface area contributed by atoms with Crippen molar-refractivity contribution in [3.8, 4) is 0 Å². The van der Waals surface area contributed by atoms with Gasteiger partial charge in [-0.15, -0.1) is 0 Å². The predicted octanol–water partition coefficient (Wildman–Crippen LogP) is 2.61. The second kappa shape index (κ2) is 7.62. The molecule has 24 heavy (non-hydrogen) atoms. The smallest absolute Gasteiger partial charge is 0.242 e. The monoisotopic (exact) mass is 326 g/mol. The third-order valence-electron chi connectivity index (χ3n) is 4.51. The second-order valence-corrected chi connectivity index (χ2v) is 6.74. The molecule has 0 bridgehead atoms. The van der Waals surface area contributed by atoms with E-state index >= 15 is 0 Å². The van der Waals surface area contributed by atoms with Gasteiger partial charge in [-0.3, -0.25) is 14.4 Å². The Bertz CT molecular complexity index is 639. The molecule has 1 aliphatic heterocycles. The molecule has 2 unspecified atom stereocenters. The Balaban J connectivity index is 1.84. The Labute approximate surface area is 143 Å². The second-order valence-electron chi connectivity index (χ2n) is 6.74. The molecule has 128 valence electrons. The van der Waals surface area contributed by atoms with Gasteiger partial charge in [0, 0.05) is 24.5 Å². The number of nitrogens with zero attached hydrogens (tertiary/aromatic N) is 3. The number of hydrogen-bond donors (Lipinski definition) is 1. The summed E-state index contributed by atoms with van der Waals surface area (Å²) in [6, 6.07) is 12.3. The summed E-state index contributed by atoms with van der Waals surface area (Å²) >= 11 is 0. The molecule has 1 aromatic heterocycles. The average molecular weight is 326 g/mol. The summed E-state index contributed by atoms with van der Waals surface area (Å²) in [7, 11) is 0. The van der Waals surface area contributed by atoms with Gasteiger partial charge in [0.05, 0.1) is 6.54 Å². The molecule has 0 spiro atoms. The quantitative estimate of drug-likeness (QED) is 0.888. The molecule has 0 aliphatic carbocycles. The molecule has 1 aromatic carbocycles. The lowest BCUT2D eigenvalue weighted by Crippen LogP contribution is -2.45. The Hall–Kier alpha value is -2.14. The van der Waals surface area contributed by atoms with Gasteiger partial charge in [0.15, 0.2) is 0 Å². The van der Waals surface area contributed by atoms with Crippen molar-refractivity contribution in [2.24, 2.45) is 0 Å². The highest BCUT2D eigenvalue weighted by atomic mass is 16.2. The molecule has 1 amide bonds. The largest absolute Gasteiger partial charge is 0.352 e. The van der Waals surface area contributed by atoms with Crippen molar-refractivity contribution in [1.82, 2.24) is 20.0 Å². The first-order valence-corrected chi connectivity index (χ1v) is 8.73. The molecule has 2 atom stereocenters. The fraction of sp³-hybridized carbons (Fsp3) is 0.474. The van der Waals surface area contributed by atoms with E-state index in [4.69, 9.17) is 0 Å².